The van der Waals surface area contributed by atoms with Crippen molar-refractivity contribution in [2.75, 3.05) is 33.8 Å². The quantitative estimate of drug-likeness (QED) is 0.427. The molecule has 0 radical (unpaired) electrons. The van der Waals surface area contributed by atoms with Crippen molar-refractivity contribution in [3.63, 3.8) is 0 Å². The van der Waals surface area contributed by atoms with E-state index in [0.29, 0.717) is 30.5 Å². The third kappa shape index (κ3) is 9.54. The third-order valence-corrected chi connectivity index (χ3v) is 6.32. The van der Waals surface area contributed by atoms with Gasteiger partial charge in [-0.3, -0.25) is 19.4 Å². The van der Waals surface area contributed by atoms with Gasteiger partial charge in [0.2, 0.25) is 11.8 Å². The Morgan fingerprint density at radius 1 is 1.18 bits per heavy atom. The first kappa shape index (κ1) is 26.8. The van der Waals surface area contributed by atoms with Crippen molar-refractivity contribution in [1.82, 2.24) is 14.8 Å². The maximum absolute atomic E-state index is 13.2. The van der Waals surface area contributed by atoms with Gasteiger partial charge in [0.15, 0.2) is 0 Å². The highest BCUT2D eigenvalue weighted by molar-refractivity contribution is 6.29. The first-order valence-electron chi connectivity index (χ1n) is 11.6. The minimum absolute atomic E-state index is 0.0102. The van der Waals surface area contributed by atoms with Crippen molar-refractivity contribution in [3.8, 4) is 0 Å². The molecule has 2 amide bonds. The van der Waals surface area contributed by atoms with Crippen LogP contribution in [0.15, 0.2) is 36.0 Å². The first-order chi connectivity index (χ1) is 15.8. The molecule has 182 valence electrons. The Kier molecular flexibility index (Phi) is 11.4. The number of nitrogens with zero attached hydrogens (tertiary/aromatic N) is 3. The molecule has 0 saturated heterocycles. The van der Waals surface area contributed by atoms with Crippen molar-refractivity contribution < 1.29 is 19.1 Å². The van der Waals surface area contributed by atoms with Gasteiger partial charge in [-0.1, -0.05) is 43.5 Å². The maximum Gasteiger partial charge on any atom is 0.309 e. The minimum Gasteiger partial charge on any atom is -0.469 e. The zero-order valence-corrected chi connectivity index (χ0v) is 20.6. The molecule has 8 heteroatoms. The van der Waals surface area contributed by atoms with Crippen LogP contribution in [0.3, 0.4) is 0 Å². The highest BCUT2D eigenvalue weighted by atomic mass is 35.5. The number of ether oxygens (including phenoxy) is 1. The molecule has 7 nitrogen and oxygen atoms in total. The number of amides is 2. The fourth-order valence-electron chi connectivity index (χ4n) is 4.19. The second-order valence-corrected chi connectivity index (χ2v) is 9.34. The number of carbonyl (C=O) groups excluding carboxylic acids is 3. The number of hydrogen-bond acceptors (Lipinski definition) is 5. The molecule has 33 heavy (non-hydrogen) atoms. The summed E-state index contributed by atoms with van der Waals surface area (Å²) in [4.78, 5) is 45.9. The van der Waals surface area contributed by atoms with E-state index in [4.69, 9.17) is 16.3 Å². The lowest BCUT2D eigenvalue weighted by Gasteiger charge is -2.31. The standard InChI is InChI=1S/C25H36ClN3O4/c1-19(26)15-21(25(32)33-3)16-23(30)29(17-20-9-5-4-6-10-20)18-24(31)28(2)14-12-22-11-7-8-13-27-22/h7-8,11,13,20-21H,1,4-6,9-10,12,14-18H2,2-3H3. The number of esters is 1. The molecule has 1 saturated carbocycles. The normalized spacial score (nSPS) is 14.9. The smallest absolute Gasteiger partial charge is 0.309 e. The van der Waals surface area contributed by atoms with Gasteiger partial charge in [0.05, 0.1) is 19.6 Å². The largest absolute Gasteiger partial charge is 0.469 e. The molecule has 1 unspecified atom stereocenters. The Morgan fingerprint density at radius 2 is 1.91 bits per heavy atom. The molecule has 1 aromatic heterocycles. The van der Waals surface area contributed by atoms with E-state index in [9.17, 15) is 14.4 Å². The molecule has 1 aromatic rings. The Balaban J connectivity index is 2.04. The van der Waals surface area contributed by atoms with Gasteiger partial charge in [0, 0.05) is 49.9 Å². The summed E-state index contributed by atoms with van der Waals surface area (Å²) in [6.45, 7) is 4.67. The summed E-state index contributed by atoms with van der Waals surface area (Å²) in [6, 6.07) is 5.70. The van der Waals surface area contributed by atoms with Crippen LogP contribution in [0.25, 0.3) is 0 Å². The summed E-state index contributed by atoms with van der Waals surface area (Å²) in [5.74, 6) is -1.21. The Hall–Kier alpha value is -2.41. The van der Waals surface area contributed by atoms with Crippen LogP contribution in [0.5, 0.6) is 0 Å². The van der Waals surface area contributed by atoms with E-state index < -0.39 is 11.9 Å². The molecule has 1 fully saturated rings. The van der Waals surface area contributed by atoms with Crippen molar-refractivity contribution in [2.24, 2.45) is 11.8 Å². The predicted molar refractivity (Wildman–Crippen MR) is 128 cm³/mol. The number of pyridine rings is 1. The molecule has 0 aromatic carbocycles. The average molecular weight is 478 g/mol. The first-order valence-corrected chi connectivity index (χ1v) is 12.0. The maximum atomic E-state index is 13.2. The van der Waals surface area contributed by atoms with Gasteiger partial charge >= 0.3 is 5.97 Å². The third-order valence-electron chi connectivity index (χ3n) is 6.16. The number of carbonyl (C=O) groups is 3. The summed E-state index contributed by atoms with van der Waals surface area (Å²) < 4.78 is 4.85. The van der Waals surface area contributed by atoms with Crippen LogP contribution >= 0.6 is 11.6 Å². The number of likely N-dealkylation sites (N-methyl/N-ethyl adjacent to an activating group) is 1. The van der Waals surface area contributed by atoms with Crippen molar-refractivity contribution in [2.45, 2.75) is 51.4 Å². The van der Waals surface area contributed by atoms with Crippen LogP contribution in [0.4, 0.5) is 0 Å². The molecular formula is C25H36ClN3O4. The van der Waals surface area contributed by atoms with E-state index >= 15 is 0 Å². The lowest BCUT2D eigenvalue weighted by molar-refractivity contribution is -0.149. The second kappa shape index (κ2) is 14.0. The fourth-order valence-corrected chi connectivity index (χ4v) is 4.37. The topological polar surface area (TPSA) is 79.8 Å². The number of aromatic nitrogens is 1. The van der Waals surface area contributed by atoms with E-state index in [1.807, 2.05) is 18.2 Å². The molecule has 0 bridgehead atoms. The van der Waals surface area contributed by atoms with Crippen LogP contribution in [-0.2, 0) is 25.5 Å². The summed E-state index contributed by atoms with van der Waals surface area (Å²) >= 11 is 5.91. The Morgan fingerprint density at radius 3 is 2.52 bits per heavy atom. The van der Waals surface area contributed by atoms with Crippen LogP contribution in [0.2, 0.25) is 0 Å². The van der Waals surface area contributed by atoms with E-state index in [1.54, 1.807) is 23.0 Å². The molecule has 1 atom stereocenters. The molecule has 1 heterocycles. The van der Waals surface area contributed by atoms with Crippen LogP contribution < -0.4 is 0 Å². The summed E-state index contributed by atoms with van der Waals surface area (Å²) in [7, 11) is 3.03. The highest BCUT2D eigenvalue weighted by Crippen LogP contribution is 2.26. The van der Waals surface area contributed by atoms with E-state index in [-0.39, 0.29) is 31.2 Å². The lowest BCUT2D eigenvalue weighted by Crippen LogP contribution is -2.45. The summed E-state index contributed by atoms with van der Waals surface area (Å²) in [5.41, 5.74) is 0.912. The number of allylic oxidation sites excluding steroid dienone is 1. The van der Waals surface area contributed by atoms with Gasteiger partial charge in [-0.15, -0.1) is 0 Å². The summed E-state index contributed by atoms with van der Waals surface area (Å²) in [6.07, 6.45) is 8.06. The van der Waals surface area contributed by atoms with Crippen molar-refractivity contribution >= 4 is 29.4 Å². The van der Waals surface area contributed by atoms with Crippen molar-refractivity contribution in [1.29, 1.82) is 0 Å². The van der Waals surface area contributed by atoms with Gasteiger partial charge in [0.1, 0.15) is 0 Å². The molecule has 0 N–H and O–H groups in total. The molecule has 0 spiro atoms. The van der Waals surface area contributed by atoms with Gasteiger partial charge in [-0.2, -0.15) is 0 Å². The lowest BCUT2D eigenvalue weighted by atomic mass is 9.88. The Labute approximate surface area is 202 Å². The number of halogens is 1. The minimum atomic E-state index is -0.710. The van der Waals surface area contributed by atoms with Crippen LogP contribution in [0.1, 0.15) is 50.6 Å². The van der Waals surface area contributed by atoms with Gasteiger partial charge < -0.3 is 14.5 Å². The monoisotopic (exact) mass is 477 g/mol. The summed E-state index contributed by atoms with van der Waals surface area (Å²) in [5, 5.41) is 0.294. The van der Waals surface area contributed by atoms with Crippen LogP contribution in [-0.4, -0.2) is 66.4 Å². The Bertz CT molecular complexity index is 796. The molecule has 2 rings (SSSR count). The van der Waals surface area contributed by atoms with Crippen molar-refractivity contribution in [3.05, 3.63) is 41.7 Å². The fraction of sp³-hybridized carbons (Fsp3) is 0.600. The zero-order valence-electron chi connectivity index (χ0n) is 19.8. The van der Waals surface area contributed by atoms with Gasteiger partial charge in [-0.25, -0.2) is 0 Å². The number of hydrogen-bond donors (Lipinski definition) is 0. The highest BCUT2D eigenvalue weighted by Gasteiger charge is 2.29. The average Bonchev–Trinajstić information content (AvgIpc) is 2.82. The molecule has 1 aliphatic rings. The number of rotatable bonds is 12. The van der Waals surface area contributed by atoms with Crippen LogP contribution in [0, 0.1) is 11.8 Å². The van der Waals surface area contributed by atoms with E-state index in [0.717, 1.165) is 31.4 Å². The van der Waals surface area contributed by atoms with E-state index in [1.165, 1.54) is 13.5 Å². The molecular weight excluding hydrogens is 442 g/mol. The molecule has 0 aliphatic heterocycles. The second-order valence-electron chi connectivity index (χ2n) is 8.81. The van der Waals surface area contributed by atoms with Gasteiger partial charge in [-0.05, 0) is 37.3 Å². The zero-order chi connectivity index (χ0) is 24.2. The predicted octanol–water partition coefficient (Wildman–Crippen LogP) is 3.81. The van der Waals surface area contributed by atoms with E-state index in [2.05, 4.69) is 11.6 Å². The van der Waals surface area contributed by atoms with Gasteiger partial charge in [0.25, 0.3) is 0 Å². The molecule has 1 aliphatic carbocycles. The number of methoxy groups -OCH3 is 1. The SMILES string of the molecule is C=C(Cl)CC(CC(=O)N(CC(=O)N(C)CCc1ccccn1)CC1CCCCC1)C(=O)OC.